The van der Waals surface area contributed by atoms with Crippen molar-refractivity contribution in [2.75, 3.05) is 6.54 Å². The number of rotatable bonds is 6. The predicted molar refractivity (Wildman–Crippen MR) is 83.4 cm³/mol. The van der Waals surface area contributed by atoms with E-state index < -0.39 is 5.41 Å². The lowest BCUT2D eigenvalue weighted by atomic mass is 9.82. The van der Waals surface area contributed by atoms with Crippen LogP contribution in [0.25, 0.3) is 0 Å². The largest absolute Gasteiger partial charge is 0.456 e. The maximum absolute atomic E-state index is 12.1. The molecule has 0 spiro atoms. The molecule has 21 heavy (non-hydrogen) atoms. The summed E-state index contributed by atoms with van der Waals surface area (Å²) in [7, 11) is 0. The highest BCUT2D eigenvalue weighted by atomic mass is 16.5. The SMILES string of the molecule is CCNC(=O)CCC(OC(=O)C(C)(C)C)C([NH3+])C(C)(C)C. The van der Waals surface area contributed by atoms with E-state index in [2.05, 4.69) is 31.8 Å². The summed E-state index contributed by atoms with van der Waals surface area (Å²) >= 11 is 0. The lowest BCUT2D eigenvalue weighted by Crippen LogP contribution is -2.72. The summed E-state index contributed by atoms with van der Waals surface area (Å²) in [5.74, 6) is -0.267. The molecule has 0 fully saturated rings. The van der Waals surface area contributed by atoms with Gasteiger partial charge < -0.3 is 15.8 Å². The topological polar surface area (TPSA) is 83.0 Å². The van der Waals surface area contributed by atoms with Gasteiger partial charge in [0.05, 0.1) is 5.41 Å². The molecule has 0 heterocycles. The Hall–Kier alpha value is -1.10. The minimum Gasteiger partial charge on any atom is -0.456 e. The number of quaternary nitrogens is 1. The molecule has 4 N–H and O–H groups in total. The van der Waals surface area contributed by atoms with Gasteiger partial charge in [-0.2, -0.15) is 0 Å². The molecule has 0 aliphatic carbocycles. The van der Waals surface area contributed by atoms with Gasteiger partial charge in [-0.05, 0) is 34.1 Å². The van der Waals surface area contributed by atoms with E-state index in [0.717, 1.165) is 0 Å². The van der Waals surface area contributed by atoms with Crippen molar-refractivity contribution in [1.29, 1.82) is 0 Å². The molecular weight excluding hydrogens is 268 g/mol. The van der Waals surface area contributed by atoms with Crippen molar-refractivity contribution in [3.63, 3.8) is 0 Å². The molecule has 0 rings (SSSR count). The number of ether oxygens (including phenoxy) is 1. The van der Waals surface area contributed by atoms with Crippen LogP contribution in [-0.2, 0) is 14.3 Å². The second-order valence-electron chi connectivity index (χ2n) is 7.66. The summed E-state index contributed by atoms with van der Waals surface area (Å²) in [6, 6.07) is -0.0711. The van der Waals surface area contributed by atoms with Gasteiger partial charge in [-0.3, -0.25) is 9.59 Å². The Morgan fingerprint density at radius 3 is 2.05 bits per heavy atom. The summed E-state index contributed by atoms with van der Waals surface area (Å²) < 4.78 is 5.65. The Kier molecular flexibility index (Phi) is 7.37. The number of esters is 1. The molecule has 0 radical (unpaired) electrons. The molecule has 0 aromatic rings. The Labute approximate surface area is 129 Å². The number of nitrogens with one attached hydrogen (secondary N) is 1. The molecular formula is C16H33N2O3+. The van der Waals surface area contributed by atoms with Gasteiger partial charge in [-0.1, -0.05) is 20.8 Å². The molecule has 0 saturated carbocycles. The molecule has 0 aliphatic heterocycles. The fourth-order valence-corrected chi connectivity index (χ4v) is 1.77. The molecule has 124 valence electrons. The first-order valence-corrected chi connectivity index (χ1v) is 7.70. The van der Waals surface area contributed by atoms with E-state index in [1.807, 2.05) is 27.7 Å². The molecule has 0 aromatic carbocycles. The van der Waals surface area contributed by atoms with E-state index in [1.54, 1.807) is 0 Å². The third-order valence-electron chi connectivity index (χ3n) is 3.46. The van der Waals surface area contributed by atoms with Crippen molar-refractivity contribution in [3.8, 4) is 0 Å². The van der Waals surface area contributed by atoms with Crippen LogP contribution in [0.3, 0.4) is 0 Å². The maximum atomic E-state index is 12.1. The fraction of sp³-hybridized carbons (Fsp3) is 0.875. The van der Waals surface area contributed by atoms with Gasteiger partial charge in [0.1, 0.15) is 6.04 Å². The first-order chi connectivity index (χ1) is 9.39. The minimum atomic E-state index is -0.554. The molecule has 5 heteroatoms. The minimum absolute atomic E-state index is 0.0181. The normalized spacial score (nSPS) is 15.2. The zero-order valence-corrected chi connectivity index (χ0v) is 14.7. The molecule has 0 aromatic heterocycles. The van der Waals surface area contributed by atoms with Crippen LogP contribution in [0, 0.1) is 10.8 Å². The summed E-state index contributed by atoms with van der Waals surface area (Å²) in [5, 5.41) is 2.76. The zero-order valence-electron chi connectivity index (χ0n) is 14.7. The van der Waals surface area contributed by atoms with Crippen molar-refractivity contribution in [3.05, 3.63) is 0 Å². The van der Waals surface area contributed by atoms with Gasteiger partial charge in [0, 0.05) is 18.4 Å². The van der Waals surface area contributed by atoms with Crippen LogP contribution >= 0.6 is 0 Å². The van der Waals surface area contributed by atoms with E-state index in [-0.39, 0.29) is 29.4 Å². The first-order valence-electron chi connectivity index (χ1n) is 7.70. The number of hydrogen-bond acceptors (Lipinski definition) is 3. The van der Waals surface area contributed by atoms with Gasteiger partial charge in [0.25, 0.3) is 0 Å². The van der Waals surface area contributed by atoms with Gasteiger partial charge in [0.2, 0.25) is 5.91 Å². The van der Waals surface area contributed by atoms with Crippen LogP contribution in [0.1, 0.15) is 61.3 Å². The summed E-state index contributed by atoms with van der Waals surface area (Å²) in [6.07, 6.45) is 0.497. The monoisotopic (exact) mass is 301 g/mol. The van der Waals surface area contributed by atoms with Crippen LogP contribution in [-0.4, -0.2) is 30.6 Å². The molecule has 0 aliphatic rings. The second kappa shape index (κ2) is 7.78. The van der Waals surface area contributed by atoms with Gasteiger partial charge in [0.15, 0.2) is 6.10 Å². The van der Waals surface area contributed by atoms with E-state index in [9.17, 15) is 9.59 Å². The summed E-state index contributed by atoms with van der Waals surface area (Å²) in [5.41, 5.74) is 3.51. The van der Waals surface area contributed by atoms with Crippen molar-refractivity contribution in [1.82, 2.24) is 5.32 Å². The lowest BCUT2D eigenvalue weighted by Gasteiger charge is -2.32. The maximum Gasteiger partial charge on any atom is 0.311 e. The highest BCUT2D eigenvalue weighted by Gasteiger charge is 2.37. The lowest BCUT2D eigenvalue weighted by molar-refractivity contribution is -0.461. The Morgan fingerprint density at radius 1 is 1.14 bits per heavy atom. The summed E-state index contributed by atoms with van der Waals surface area (Å²) in [4.78, 5) is 23.8. The van der Waals surface area contributed by atoms with E-state index in [4.69, 9.17) is 4.74 Å². The van der Waals surface area contributed by atoms with Gasteiger partial charge in [-0.25, -0.2) is 0 Å². The third kappa shape index (κ3) is 7.46. The first kappa shape index (κ1) is 19.9. The van der Waals surface area contributed by atoms with E-state index in [0.29, 0.717) is 19.4 Å². The average Bonchev–Trinajstić information content (AvgIpc) is 2.31. The van der Waals surface area contributed by atoms with Gasteiger partial charge >= 0.3 is 5.97 Å². The zero-order chi connectivity index (χ0) is 16.8. The number of hydrogen-bond donors (Lipinski definition) is 2. The Balaban J connectivity index is 4.86. The highest BCUT2D eigenvalue weighted by Crippen LogP contribution is 2.25. The van der Waals surface area contributed by atoms with Crippen molar-refractivity contribution in [2.45, 2.75) is 73.5 Å². The number of carbonyl (C=O) groups is 2. The van der Waals surface area contributed by atoms with Crippen molar-refractivity contribution >= 4 is 11.9 Å². The van der Waals surface area contributed by atoms with Crippen LogP contribution < -0.4 is 11.1 Å². The van der Waals surface area contributed by atoms with Crippen molar-refractivity contribution in [2.24, 2.45) is 10.8 Å². The van der Waals surface area contributed by atoms with Crippen molar-refractivity contribution < 1.29 is 20.1 Å². The molecule has 0 saturated heterocycles. The molecule has 0 bridgehead atoms. The third-order valence-corrected chi connectivity index (χ3v) is 3.46. The Bertz CT molecular complexity index is 354. The summed E-state index contributed by atoms with van der Waals surface area (Å²) in [6.45, 7) is 14.2. The molecule has 1 amide bonds. The van der Waals surface area contributed by atoms with Crippen LogP contribution in [0.2, 0.25) is 0 Å². The van der Waals surface area contributed by atoms with E-state index in [1.165, 1.54) is 0 Å². The van der Waals surface area contributed by atoms with Crippen LogP contribution in [0.15, 0.2) is 0 Å². The Morgan fingerprint density at radius 2 is 1.67 bits per heavy atom. The van der Waals surface area contributed by atoms with Crippen LogP contribution in [0.5, 0.6) is 0 Å². The molecule has 5 nitrogen and oxygen atoms in total. The molecule has 2 unspecified atom stereocenters. The number of amides is 1. The highest BCUT2D eigenvalue weighted by molar-refractivity contribution is 5.76. The quantitative estimate of drug-likeness (QED) is 0.730. The predicted octanol–water partition coefficient (Wildman–Crippen LogP) is 1.52. The molecule has 2 atom stereocenters. The standard InChI is InChI=1S/C16H32N2O3/c1-8-18-12(19)10-9-11(13(17)15(2,3)4)21-14(20)16(5,6)7/h11,13H,8-10,17H2,1-7H3,(H,18,19)/p+1. The van der Waals surface area contributed by atoms with Gasteiger partial charge in [-0.15, -0.1) is 0 Å². The van der Waals surface area contributed by atoms with Crippen LogP contribution in [0.4, 0.5) is 0 Å². The number of carbonyl (C=O) groups excluding carboxylic acids is 2. The fourth-order valence-electron chi connectivity index (χ4n) is 1.77. The van der Waals surface area contributed by atoms with E-state index >= 15 is 0 Å². The second-order valence-corrected chi connectivity index (χ2v) is 7.66. The smallest absolute Gasteiger partial charge is 0.311 e. The average molecular weight is 301 g/mol.